The van der Waals surface area contributed by atoms with Gasteiger partial charge in [0.05, 0.1) is 5.69 Å². The zero-order valence-electron chi connectivity index (χ0n) is 10.8. The van der Waals surface area contributed by atoms with Crippen LogP contribution < -0.4 is 4.90 Å². The van der Waals surface area contributed by atoms with E-state index in [-0.39, 0.29) is 5.91 Å². The van der Waals surface area contributed by atoms with Gasteiger partial charge in [-0.05, 0) is 24.3 Å². The van der Waals surface area contributed by atoms with Crippen LogP contribution in [0, 0.1) is 0 Å². The van der Waals surface area contributed by atoms with E-state index in [1.54, 1.807) is 24.1 Å². The number of hydrogen-bond donors (Lipinski definition) is 0. The highest BCUT2D eigenvalue weighted by molar-refractivity contribution is 6.29. The highest BCUT2D eigenvalue weighted by atomic mass is 35.5. The second-order valence-electron chi connectivity index (χ2n) is 4.10. The molecule has 98 valence electrons. The number of carbonyl (C=O) groups excluding carboxylic acids is 1. The van der Waals surface area contributed by atoms with Gasteiger partial charge in [-0.1, -0.05) is 30.7 Å². The minimum absolute atomic E-state index is 0.0688. The van der Waals surface area contributed by atoms with Crippen LogP contribution in [0.15, 0.2) is 36.4 Å². The Kier molecular flexibility index (Phi) is 4.12. The minimum atomic E-state index is 0.0688. The molecule has 1 aromatic carbocycles. The maximum absolute atomic E-state index is 11.7. The Morgan fingerprint density at radius 1 is 1.26 bits per heavy atom. The number of anilines is 1. The molecule has 0 saturated carbocycles. The minimum Gasteiger partial charge on any atom is -0.315 e. The predicted octanol–water partition coefficient (Wildman–Crippen LogP) is 3.17. The number of hydrogen-bond acceptors (Lipinski definition) is 3. The summed E-state index contributed by atoms with van der Waals surface area (Å²) >= 11 is 5.71. The summed E-state index contributed by atoms with van der Waals surface area (Å²) < 4.78 is 0. The fourth-order valence-electron chi connectivity index (χ4n) is 1.72. The monoisotopic (exact) mass is 275 g/mol. The second kappa shape index (κ2) is 5.80. The largest absolute Gasteiger partial charge is 0.315 e. The van der Waals surface area contributed by atoms with E-state index in [9.17, 15) is 4.79 Å². The molecular formula is C14H14ClN3O. The van der Waals surface area contributed by atoms with E-state index in [1.165, 1.54) is 0 Å². The van der Waals surface area contributed by atoms with Crippen molar-refractivity contribution in [1.82, 2.24) is 10.2 Å². The van der Waals surface area contributed by atoms with Crippen molar-refractivity contribution >= 4 is 23.2 Å². The number of halogens is 1. The molecule has 0 aliphatic heterocycles. The molecule has 2 aromatic rings. The first-order valence-electron chi connectivity index (χ1n) is 5.98. The molecule has 0 radical (unpaired) electrons. The molecule has 0 unspecified atom stereocenters. The molecule has 2 rings (SSSR count). The van der Waals surface area contributed by atoms with Crippen molar-refractivity contribution in [2.24, 2.45) is 0 Å². The smallest absolute Gasteiger partial charge is 0.226 e. The van der Waals surface area contributed by atoms with Gasteiger partial charge < -0.3 is 4.90 Å². The molecule has 5 heteroatoms. The molecular weight excluding hydrogens is 262 g/mol. The van der Waals surface area contributed by atoms with Crippen LogP contribution in [-0.2, 0) is 4.79 Å². The molecule has 0 saturated heterocycles. The second-order valence-corrected chi connectivity index (χ2v) is 4.49. The molecule has 0 spiro atoms. The molecule has 0 bridgehead atoms. The third-order valence-corrected chi connectivity index (χ3v) is 3.04. The summed E-state index contributed by atoms with van der Waals surface area (Å²) in [5.74, 6) is 0.0688. The normalized spacial score (nSPS) is 10.3. The first kappa shape index (κ1) is 13.5. The Hall–Kier alpha value is -1.94. The van der Waals surface area contributed by atoms with E-state index in [4.69, 9.17) is 11.6 Å². The SMILES string of the molecule is CCC(=O)N(C)c1cccc(-c2ccc(Cl)nn2)c1. The van der Waals surface area contributed by atoms with Gasteiger partial charge in [-0.25, -0.2) is 0 Å². The van der Waals surface area contributed by atoms with Crippen LogP contribution in [0.1, 0.15) is 13.3 Å². The van der Waals surface area contributed by atoms with Crippen LogP contribution in [0.3, 0.4) is 0 Å². The molecule has 4 nitrogen and oxygen atoms in total. The van der Waals surface area contributed by atoms with Crippen molar-refractivity contribution in [3.8, 4) is 11.3 Å². The fourth-order valence-corrected chi connectivity index (χ4v) is 1.83. The van der Waals surface area contributed by atoms with Crippen molar-refractivity contribution in [2.75, 3.05) is 11.9 Å². The Labute approximate surface area is 117 Å². The molecule has 0 aliphatic carbocycles. The molecule has 0 N–H and O–H groups in total. The Balaban J connectivity index is 2.34. The van der Waals surface area contributed by atoms with Gasteiger partial charge in [-0.3, -0.25) is 4.79 Å². The van der Waals surface area contributed by atoms with Gasteiger partial charge >= 0.3 is 0 Å². The van der Waals surface area contributed by atoms with E-state index in [1.807, 2.05) is 31.2 Å². The summed E-state index contributed by atoms with van der Waals surface area (Å²) in [6.45, 7) is 1.84. The van der Waals surface area contributed by atoms with Gasteiger partial charge in [0.25, 0.3) is 0 Å². The number of carbonyl (C=O) groups is 1. The summed E-state index contributed by atoms with van der Waals surface area (Å²) in [5, 5.41) is 8.20. The molecule has 1 heterocycles. The lowest BCUT2D eigenvalue weighted by Crippen LogP contribution is -2.24. The maximum Gasteiger partial charge on any atom is 0.226 e. The highest BCUT2D eigenvalue weighted by Gasteiger charge is 2.09. The van der Waals surface area contributed by atoms with Crippen molar-refractivity contribution in [1.29, 1.82) is 0 Å². The Bertz CT molecular complexity index is 583. The summed E-state index contributed by atoms with van der Waals surface area (Å²) in [6.07, 6.45) is 0.474. The molecule has 1 aromatic heterocycles. The van der Waals surface area contributed by atoms with E-state index in [2.05, 4.69) is 10.2 Å². The van der Waals surface area contributed by atoms with Crippen molar-refractivity contribution in [3.63, 3.8) is 0 Å². The maximum atomic E-state index is 11.7. The standard InChI is InChI=1S/C14H14ClN3O/c1-3-14(19)18(2)11-6-4-5-10(9-11)12-7-8-13(15)17-16-12/h4-9H,3H2,1-2H3. The van der Waals surface area contributed by atoms with Gasteiger partial charge in [0.2, 0.25) is 5.91 Å². The summed E-state index contributed by atoms with van der Waals surface area (Å²) in [6, 6.07) is 11.1. The number of benzene rings is 1. The van der Waals surface area contributed by atoms with Gasteiger partial charge in [-0.15, -0.1) is 10.2 Å². The molecule has 0 aliphatic rings. The zero-order valence-corrected chi connectivity index (χ0v) is 11.6. The highest BCUT2D eigenvalue weighted by Crippen LogP contribution is 2.23. The first-order valence-corrected chi connectivity index (χ1v) is 6.36. The van der Waals surface area contributed by atoms with Gasteiger partial charge in [0.1, 0.15) is 0 Å². The number of nitrogens with zero attached hydrogens (tertiary/aromatic N) is 3. The van der Waals surface area contributed by atoms with Crippen LogP contribution in [-0.4, -0.2) is 23.2 Å². The quantitative estimate of drug-likeness (QED) is 0.864. The van der Waals surface area contributed by atoms with E-state index in [0.29, 0.717) is 11.6 Å². The van der Waals surface area contributed by atoms with E-state index < -0.39 is 0 Å². The van der Waals surface area contributed by atoms with Crippen LogP contribution in [0.2, 0.25) is 5.15 Å². The molecule has 19 heavy (non-hydrogen) atoms. The van der Waals surface area contributed by atoms with Crippen molar-refractivity contribution in [3.05, 3.63) is 41.6 Å². The van der Waals surface area contributed by atoms with E-state index in [0.717, 1.165) is 16.9 Å². The van der Waals surface area contributed by atoms with Crippen molar-refractivity contribution < 1.29 is 4.79 Å². The zero-order chi connectivity index (χ0) is 13.8. The lowest BCUT2D eigenvalue weighted by molar-refractivity contribution is -0.118. The third-order valence-electron chi connectivity index (χ3n) is 2.84. The van der Waals surface area contributed by atoms with Crippen LogP contribution in [0.4, 0.5) is 5.69 Å². The van der Waals surface area contributed by atoms with E-state index >= 15 is 0 Å². The Morgan fingerprint density at radius 2 is 2.05 bits per heavy atom. The van der Waals surface area contributed by atoms with Crippen LogP contribution >= 0.6 is 11.6 Å². The molecule has 0 atom stereocenters. The average Bonchev–Trinajstić information content (AvgIpc) is 2.46. The molecule has 0 fully saturated rings. The molecule has 1 amide bonds. The number of amides is 1. The summed E-state index contributed by atoms with van der Waals surface area (Å²) in [4.78, 5) is 13.3. The van der Waals surface area contributed by atoms with Crippen LogP contribution in [0.25, 0.3) is 11.3 Å². The summed E-state index contributed by atoms with van der Waals surface area (Å²) in [7, 11) is 1.76. The predicted molar refractivity (Wildman–Crippen MR) is 76.2 cm³/mol. The van der Waals surface area contributed by atoms with Crippen molar-refractivity contribution in [2.45, 2.75) is 13.3 Å². The van der Waals surface area contributed by atoms with Gasteiger partial charge in [0.15, 0.2) is 5.15 Å². The van der Waals surface area contributed by atoms with Gasteiger partial charge in [0, 0.05) is 24.7 Å². The van der Waals surface area contributed by atoms with Crippen LogP contribution in [0.5, 0.6) is 0 Å². The topological polar surface area (TPSA) is 46.1 Å². The number of rotatable bonds is 3. The number of aromatic nitrogens is 2. The first-order chi connectivity index (χ1) is 9.11. The summed E-state index contributed by atoms with van der Waals surface area (Å²) in [5.41, 5.74) is 2.46. The lowest BCUT2D eigenvalue weighted by Gasteiger charge is -2.17. The average molecular weight is 276 g/mol. The van der Waals surface area contributed by atoms with Gasteiger partial charge in [-0.2, -0.15) is 0 Å². The third kappa shape index (κ3) is 3.09. The lowest BCUT2D eigenvalue weighted by atomic mass is 10.1. The fraction of sp³-hybridized carbons (Fsp3) is 0.214. The Morgan fingerprint density at radius 3 is 2.68 bits per heavy atom.